The molecule has 0 saturated carbocycles. The largest absolute Gasteiger partial charge is 0.457 e. The number of rotatable bonds is 4. The van der Waals surface area contributed by atoms with Gasteiger partial charge in [-0.15, -0.1) is 0 Å². The lowest BCUT2D eigenvalue weighted by Gasteiger charge is -2.09. The lowest BCUT2D eigenvalue weighted by atomic mass is 10.2. The number of amides is 1. The molecule has 2 aromatic rings. The zero-order chi connectivity index (χ0) is 13.0. The van der Waals surface area contributed by atoms with Crippen molar-refractivity contribution >= 4 is 5.91 Å². The molecule has 0 fully saturated rings. The molecule has 0 spiro atoms. The topological polar surface area (TPSA) is 78.3 Å². The molecule has 0 unspecified atom stereocenters. The van der Waals surface area contributed by atoms with E-state index in [1.54, 1.807) is 24.3 Å². The number of carbonyl (C=O) groups excluding carboxylic acids is 1. The average molecular weight is 242 g/mol. The number of benzene rings is 2. The van der Waals surface area contributed by atoms with Crippen LogP contribution in [0.4, 0.5) is 0 Å². The maximum atomic E-state index is 10.9. The Labute approximate surface area is 105 Å². The van der Waals surface area contributed by atoms with Gasteiger partial charge in [0.25, 0.3) is 0 Å². The van der Waals surface area contributed by atoms with Gasteiger partial charge in [0, 0.05) is 17.7 Å². The Morgan fingerprint density at radius 2 is 1.72 bits per heavy atom. The van der Waals surface area contributed by atoms with Crippen LogP contribution in [0.2, 0.25) is 0 Å². The Kier molecular flexibility index (Phi) is 3.60. The van der Waals surface area contributed by atoms with Gasteiger partial charge in [-0.2, -0.15) is 0 Å². The molecule has 0 aliphatic heterocycles. The van der Waals surface area contributed by atoms with Gasteiger partial charge in [-0.25, -0.2) is 0 Å². The van der Waals surface area contributed by atoms with Crippen molar-refractivity contribution in [2.45, 2.75) is 6.54 Å². The van der Waals surface area contributed by atoms with Crippen molar-refractivity contribution in [1.82, 2.24) is 0 Å². The van der Waals surface area contributed by atoms with Crippen LogP contribution in [0, 0.1) is 0 Å². The van der Waals surface area contributed by atoms with E-state index in [0.717, 1.165) is 5.56 Å². The first-order valence-corrected chi connectivity index (χ1v) is 5.56. The predicted molar refractivity (Wildman–Crippen MR) is 69.4 cm³/mol. The molecule has 1 amide bonds. The van der Waals surface area contributed by atoms with Crippen LogP contribution in [0.3, 0.4) is 0 Å². The molecule has 0 heterocycles. The van der Waals surface area contributed by atoms with Gasteiger partial charge >= 0.3 is 0 Å². The minimum atomic E-state index is -0.455. The van der Waals surface area contributed by atoms with Gasteiger partial charge < -0.3 is 16.2 Å². The molecule has 0 radical (unpaired) electrons. The Balaban J connectivity index is 2.21. The van der Waals surface area contributed by atoms with Crippen LogP contribution in [-0.4, -0.2) is 5.91 Å². The fraction of sp³-hybridized carbons (Fsp3) is 0.0714. The molecule has 4 nitrogen and oxygen atoms in total. The first-order valence-electron chi connectivity index (χ1n) is 5.56. The van der Waals surface area contributed by atoms with Crippen molar-refractivity contribution in [3.63, 3.8) is 0 Å². The van der Waals surface area contributed by atoms with E-state index >= 15 is 0 Å². The normalized spacial score (nSPS) is 10.1. The summed E-state index contributed by atoms with van der Waals surface area (Å²) >= 11 is 0. The van der Waals surface area contributed by atoms with Gasteiger partial charge in [-0.3, -0.25) is 4.79 Å². The minimum Gasteiger partial charge on any atom is -0.457 e. The molecule has 0 bridgehead atoms. The maximum Gasteiger partial charge on any atom is 0.248 e. The van der Waals surface area contributed by atoms with Crippen LogP contribution < -0.4 is 16.2 Å². The number of carbonyl (C=O) groups is 1. The van der Waals surface area contributed by atoms with Crippen molar-refractivity contribution in [2.75, 3.05) is 0 Å². The Bertz CT molecular complexity index is 550. The zero-order valence-electron chi connectivity index (χ0n) is 9.80. The minimum absolute atomic E-state index is 0.412. The number of ether oxygens (including phenoxy) is 1. The monoisotopic (exact) mass is 242 g/mol. The molecule has 0 aliphatic carbocycles. The molecule has 0 aliphatic rings. The number of primary amides is 1. The molecular formula is C14H14N2O2. The highest BCUT2D eigenvalue weighted by atomic mass is 16.5. The Morgan fingerprint density at radius 1 is 1.06 bits per heavy atom. The number of nitrogens with two attached hydrogens (primary N) is 2. The van der Waals surface area contributed by atoms with E-state index in [9.17, 15) is 4.79 Å². The second kappa shape index (κ2) is 5.33. The third-order valence-electron chi connectivity index (χ3n) is 2.56. The average Bonchev–Trinajstić information content (AvgIpc) is 2.40. The fourth-order valence-corrected chi connectivity index (χ4v) is 1.59. The van der Waals surface area contributed by atoms with Gasteiger partial charge in [0.05, 0.1) is 0 Å². The highest BCUT2D eigenvalue weighted by Gasteiger charge is 2.04. The molecule has 18 heavy (non-hydrogen) atoms. The van der Waals surface area contributed by atoms with Crippen LogP contribution >= 0.6 is 0 Å². The van der Waals surface area contributed by atoms with Crippen LogP contribution in [0.1, 0.15) is 15.9 Å². The number of hydrogen-bond acceptors (Lipinski definition) is 3. The smallest absolute Gasteiger partial charge is 0.248 e. The summed E-state index contributed by atoms with van der Waals surface area (Å²) in [7, 11) is 0. The van der Waals surface area contributed by atoms with Crippen LogP contribution in [-0.2, 0) is 6.54 Å². The van der Waals surface area contributed by atoms with Gasteiger partial charge in [-0.05, 0) is 30.3 Å². The second-order valence-electron chi connectivity index (χ2n) is 3.80. The molecule has 0 atom stereocenters. The van der Waals surface area contributed by atoms with Crippen molar-refractivity contribution in [1.29, 1.82) is 0 Å². The van der Waals surface area contributed by atoms with Gasteiger partial charge in [0.1, 0.15) is 11.5 Å². The van der Waals surface area contributed by atoms with Gasteiger partial charge in [0.15, 0.2) is 0 Å². The maximum absolute atomic E-state index is 10.9. The summed E-state index contributed by atoms with van der Waals surface area (Å²) in [6.07, 6.45) is 0. The quantitative estimate of drug-likeness (QED) is 0.861. The third kappa shape index (κ3) is 2.67. The lowest BCUT2D eigenvalue weighted by Crippen LogP contribution is -2.10. The van der Waals surface area contributed by atoms with E-state index in [-0.39, 0.29) is 0 Å². The first kappa shape index (κ1) is 12.1. The molecule has 0 aromatic heterocycles. The molecule has 4 N–H and O–H groups in total. The van der Waals surface area contributed by atoms with Gasteiger partial charge in [0.2, 0.25) is 5.91 Å². The highest BCUT2D eigenvalue weighted by Crippen LogP contribution is 2.25. The van der Waals surface area contributed by atoms with Crippen molar-refractivity contribution in [2.24, 2.45) is 11.5 Å². The van der Waals surface area contributed by atoms with E-state index in [0.29, 0.717) is 23.6 Å². The number of para-hydroxylation sites is 1. The molecule has 4 heteroatoms. The lowest BCUT2D eigenvalue weighted by molar-refractivity contribution is 0.100. The summed E-state index contributed by atoms with van der Waals surface area (Å²) in [5.41, 5.74) is 12.2. The second-order valence-corrected chi connectivity index (χ2v) is 3.80. The predicted octanol–water partition coefficient (Wildman–Crippen LogP) is 2.04. The summed E-state index contributed by atoms with van der Waals surface area (Å²) in [5, 5.41) is 0. The summed E-state index contributed by atoms with van der Waals surface area (Å²) < 4.78 is 5.70. The summed E-state index contributed by atoms with van der Waals surface area (Å²) in [6, 6.07) is 14.2. The molecule has 92 valence electrons. The molecule has 2 aromatic carbocycles. The van der Waals surface area contributed by atoms with E-state index in [1.165, 1.54) is 0 Å². The van der Waals surface area contributed by atoms with Crippen molar-refractivity contribution in [3.8, 4) is 11.5 Å². The van der Waals surface area contributed by atoms with Crippen molar-refractivity contribution in [3.05, 3.63) is 59.7 Å². The number of hydrogen-bond donors (Lipinski definition) is 2. The van der Waals surface area contributed by atoms with E-state index < -0.39 is 5.91 Å². The van der Waals surface area contributed by atoms with Crippen LogP contribution in [0.5, 0.6) is 11.5 Å². The summed E-state index contributed by atoms with van der Waals surface area (Å²) in [4.78, 5) is 10.9. The fourth-order valence-electron chi connectivity index (χ4n) is 1.59. The summed E-state index contributed by atoms with van der Waals surface area (Å²) in [5.74, 6) is 0.900. The van der Waals surface area contributed by atoms with E-state index in [4.69, 9.17) is 16.2 Å². The molecule has 2 rings (SSSR count). The van der Waals surface area contributed by atoms with E-state index in [2.05, 4.69) is 0 Å². The highest BCUT2D eigenvalue weighted by molar-refractivity contribution is 5.92. The zero-order valence-corrected chi connectivity index (χ0v) is 9.80. The Hall–Kier alpha value is -2.33. The molecular weight excluding hydrogens is 228 g/mol. The molecule has 0 saturated heterocycles. The van der Waals surface area contributed by atoms with E-state index in [1.807, 2.05) is 24.3 Å². The Morgan fingerprint density at radius 3 is 2.33 bits per heavy atom. The summed E-state index contributed by atoms with van der Waals surface area (Å²) in [6.45, 7) is 0.412. The van der Waals surface area contributed by atoms with Crippen molar-refractivity contribution < 1.29 is 9.53 Å². The first-order chi connectivity index (χ1) is 8.70. The van der Waals surface area contributed by atoms with Crippen LogP contribution in [0.15, 0.2) is 48.5 Å². The standard InChI is InChI=1S/C14H14N2O2/c15-9-11-3-1-2-4-13(11)18-12-7-5-10(6-8-12)14(16)17/h1-8H,9,15H2,(H2,16,17). The van der Waals surface area contributed by atoms with Gasteiger partial charge in [-0.1, -0.05) is 18.2 Å². The van der Waals surface area contributed by atoms with Crippen LogP contribution in [0.25, 0.3) is 0 Å². The third-order valence-corrected chi connectivity index (χ3v) is 2.56. The SMILES string of the molecule is NCc1ccccc1Oc1ccc(C(N)=O)cc1.